The number of ether oxygens (including phenoxy) is 2. The Kier molecular flexibility index (Phi) is 8.86. The van der Waals surface area contributed by atoms with Crippen molar-refractivity contribution in [3.8, 4) is 22.8 Å². The fourth-order valence-corrected chi connectivity index (χ4v) is 4.75. The fourth-order valence-electron chi connectivity index (χ4n) is 4.75. The van der Waals surface area contributed by atoms with Crippen molar-refractivity contribution in [1.29, 1.82) is 0 Å². The van der Waals surface area contributed by atoms with Crippen LogP contribution >= 0.6 is 0 Å². The number of methoxy groups -OCH3 is 2. The molecule has 4 aromatic rings. The van der Waals surface area contributed by atoms with E-state index in [9.17, 15) is 4.79 Å². The number of rotatable bonds is 11. The highest BCUT2D eigenvalue weighted by atomic mass is 16.5. The molecule has 0 bridgehead atoms. The molecule has 39 heavy (non-hydrogen) atoms. The molecule has 206 valence electrons. The van der Waals surface area contributed by atoms with Gasteiger partial charge in [0, 0.05) is 49.2 Å². The van der Waals surface area contributed by atoms with E-state index in [1.165, 1.54) is 5.56 Å². The largest absolute Gasteiger partial charge is 0.496 e. The molecule has 0 aliphatic carbocycles. The number of aromatic nitrogens is 3. The number of amides is 1. The van der Waals surface area contributed by atoms with E-state index >= 15 is 0 Å². The summed E-state index contributed by atoms with van der Waals surface area (Å²) in [4.78, 5) is 22.8. The second-order valence-corrected chi connectivity index (χ2v) is 10.2. The lowest BCUT2D eigenvalue weighted by molar-refractivity contribution is -0.132. The van der Waals surface area contributed by atoms with Crippen LogP contribution in [0.3, 0.4) is 0 Å². The zero-order valence-electron chi connectivity index (χ0n) is 24.1. The van der Waals surface area contributed by atoms with E-state index < -0.39 is 0 Å². The minimum atomic E-state index is 0.0805. The maximum Gasteiger partial charge on any atom is 0.224 e. The Hall–Kier alpha value is -3.91. The highest BCUT2D eigenvalue weighted by Gasteiger charge is 2.21. The summed E-state index contributed by atoms with van der Waals surface area (Å²) >= 11 is 0. The van der Waals surface area contributed by atoms with Gasteiger partial charge in [0.15, 0.2) is 0 Å². The SMILES string of the molecule is COc1ccc(OC)c2nc(-c3ccc(C)cc3)c(CN(CCN(C)C)C(=O)CCn3nc(C)cc3C)cc12. The number of carbonyl (C=O) groups is 1. The van der Waals surface area contributed by atoms with Crippen LogP contribution < -0.4 is 9.47 Å². The van der Waals surface area contributed by atoms with Gasteiger partial charge in [-0.3, -0.25) is 9.48 Å². The number of nitrogens with zero attached hydrogens (tertiary/aromatic N) is 5. The number of hydrogen-bond donors (Lipinski definition) is 0. The molecule has 1 amide bonds. The van der Waals surface area contributed by atoms with E-state index in [0.717, 1.165) is 45.7 Å². The quantitative estimate of drug-likeness (QED) is 0.272. The second-order valence-electron chi connectivity index (χ2n) is 10.2. The molecule has 0 N–H and O–H groups in total. The average Bonchev–Trinajstić information content (AvgIpc) is 3.25. The first-order valence-corrected chi connectivity index (χ1v) is 13.3. The Morgan fingerprint density at radius 2 is 1.62 bits per heavy atom. The first-order chi connectivity index (χ1) is 18.7. The van der Waals surface area contributed by atoms with Crippen LogP contribution in [0, 0.1) is 20.8 Å². The summed E-state index contributed by atoms with van der Waals surface area (Å²) in [5.41, 5.74) is 6.69. The van der Waals surface area contributed by atoms with E-state index in [0.29, 0.717) is 37.6 Å². The topological polar surface area (TPSA) is 72.7 Å². The molecule has 0 fully saturated rings. The van der Waals surface area contributed by atoms with Crippen molar-refractivity contribution >= 4 is 16.8 Å². The van der Waals surface area contributed by atoms with Crippen molar-refractivity contribution in [2.24, 2.45) is 0 Å². The molecule has 2 aromatic heterocycles. The number of likely N-dealkylation sites (N-methyl/N-ethyl adjacent to an activating group) is 1. The lowest BCUT2D eigenvalue weighted by atomic mass is 10.0. The van der Waals surface area contributed by atoms with Crippen LogP contribution in [0.2, 0.25) is 0 Å². The Bertz CT molecular complexity index is 1440. The highest BCUT2D eigenvalue weighted by molar-refractivity contribution is 5.93. The molecule has 0 unspecified atom stereocenters. The third-order valence-electron chi connectivity index (χ3n) is 6.92. The van der Waals surface area contributed by atoms with Crippen LogP contribution in [-0.2, 0) is 17.9 Å². The second kappa shape index (κ2) is 12.3. The van der Waals surface area contributed by atoms with E-state index in [2.05, 4.69) is 47.3 Å². The van der Waals surface area contributed by atoms with E-state index in [1.54, 1.807) is 14.2 Å². The third-order valence-corrected chi connectivity index (χ3v) is 6.92. The Morgan fingerprint density at radius 1 is 0.923 bits per heavy atom. The molecule has 0 aliphatic rings. The normalized spacial score (nSPS) is 11.3. The molecule has 0 spiro atoms. The van der Waals surface area contributed by atoms with Gasteiger partial charge in [-0.15, -0.1) is 0 Å². The van der Waals surface area contributed by atoms with Crippen molar-refractivity contribution in [2.45, 2.75) is 40.3 Å². The zero-order valence-corrected chi connectivity index (χ0v) is 24.1. The number of carbonyl (C=O) groups excluding carboxylic acids is 1. The summed E-state index contributed by atoms with van der Waals surface area (Å²) in [6.45, 7) is 8.38. The minimum Gasteiger partial charge on any atom is -0.496 e. The number of fused-ring (bicyclic) bond motifs is 1. The van der Waals surface area contributed by atoms with Crippen LogP contribution in [-0.4, -0.2) is 71.9 Å². The molecule has 8 heteroatoms. The zero-order chi connectivity index (χ0) is 28.1. The van der Waals surface area contributed by atoms with Crippen LogP contribution in [0.25, 0.3) is 22.2 Å². The summed E-state index contributed by atoms with van der Waals surface area (Å²) in [5, 5.41) is 5.38. The molecule has 8 nitrogen and oxygen atoms in total. The monoisotopic (exact) mass is 529 g/mol. The maximum absolute atomic E-state index is 13.6. The van der Waals surface area contributed by atoms with Crippen molar-refractivity contribution in [2.75, 3.05) is 41.4 Å². The summed E-state index contributed by atoms with van der Waals surface area (Å²) in [7, 11) is 7.34. The van der Waals surface area contributed by atoms with Crippen molar-refractivity contribution in [1.82, 2.24) is 24.6 Å². The molecule has 2 heterocycles. The van der Waals surface area contributed by atoms with Gasteiger partial charge in [-0.2, -0.15) is 5.10 Å². The summed E-state index contributed by atoms with van der Waals surface area (Å²) in [6.07, 6.45) is 0.368. The predicted molar refractivity (Wildman–Crippen MR) is 155 cm³/mol. The van der Waals surface area contributed by atoms with Gasteiger partial charge in [-0.05, 0) is 64.7 Å². The van der Waals surface area contributed by atoms with Crippen LogP contribution in [0.15, 0.2) is 48.5 Å². The molecule has 0 aliphatic heterocycles. The summed E-state index contributed by atoms with van der Waals surface area (Å²) in [6, 6.07) is 16.2. The van der Waals surface area contributed by atoms with Crippen LogP contribution in [0.4, 0.5) is 0 Å². The first kappa shape index (κ1) is 28.1. The molecular formula is C31H39N5O3. The molecular weight excluding hydrogens is 490 g/mol. The van der Waals surface area contributed by atoms with Gasteiger partial charge < -0.3 is 19.3 Å². The number of pyridine rings is 1. The average molecular weight is 530 g/mol. The van der Waals surface area contributed by atoms with Crippen LogP contribution in [0.1, 0.15) is 28.9 Å². The number of benzene rings is 2. The van der Waals surface area contributed by atoms with E-state index in [-0.39, 0.29) is 5.91 Å². The Balaban J connectivity index is 1.76. The molecule has 0 radical (unpaired) electrons. The molecule has 0 saturated carbocycles. The van der Waals surface area contributed by atoms with Gasteiger partial charge in [0.2, 0.25) is 5.91 Å². The smallest absolute Gasteiger partial charge is 0.224 e. The van der Waals surface area contributed by atoms with Crippen molar-refractivity contribution < 1.29 is 14.3 Å². The minimum absolute atomic E-state index is 0.0805. The summed E-state index contributed by atoms with van der Waals surface area (Å²) in [5.74, 6) is 1.47. The van der Waals surface area contributed by atoms with Crippen LogP contribution in [0.5, 0.6) is 11.5 Å². The maximum atomic E-state index is 13.6. The molecule has 0 atom stereocenters. The van der Waals surface area contributed by atoms with Gasteiger partial charge >= 0.3 is 0 Å². The molecule has 4 rings (SSSR count). The van der Waals surface area contributed by atoms with E-state index in [1.807, 2.05) is 55.7 Å². The highest BCUT2D eigenvalue weighted by Crippen LogP contribution is 2.36. The van der Waals surface area contributed by atoms with Crippen molar-refractivity contribution in [3.05, 3.63) is 71.0 Å². The van der Waals surface area contributed by atoms with E-state index in [4.69, 9.17) is 14.5 Å². The van der Waals surface area contributed by atoms with Gasteiger partial charge in [-0.25, -0.2) is 4.98 Å². The molecule has 0 saturated heterocycles. The Morgan fingerprint density at radius 3 is 2.23 bits per heavy atom. The lowest BCUT2D eigenvalue weighted by Crippen LogP contribution is -2.37. The third kappa shape index (κ3) is 6.57. The number of hydrogen-bond acceptors (Lipinski definition) is 6. The fraction of sp³-hybridized carbons (Fsp3) is 0.387. The Labute approximate surface area is 231 Å². The first-order valence-electron chi connectivity index (χ1n) is 13.3. The van der Waals surface area contributed by atoms with Gasteiger partial charge in [-0.1, -0.05) is 29.8 Å². The molecule has 2 aromatic carbocycles. The summed E-state index contributed by atoms with van der Waals surface area (Å²) < 4.78 is 13.2. The number of aryl methyl sites for hydroxylation is 4. The lowest BCUT2D eigenvalue weighted by Gasteiger charge is -2.26. The van der Waals surface area contributed by atoms with Gasteiger partial charge in [0.25, 0.3) is 0 Å². The standard InChI is InChI=1S/C31H39N5O3/c1-21-8-10-24(11-9-21)30-25(19-26-27(38-6)12-13-28(39-7)31(26)32-30)20-35(17-16-34(4)5)29(37)14-15-36-23(3)18-22(2)33-36/h8-13,18-19H,14-17,20H2,1-7H3. The van der Waals surface area contributed by atoms with Gasteiger partial charge in [0.05, 0.1) is 25.6 Å². The van der Waals surface area contributed by atoms with Gasteiger partial charge in [0.1, 0.15) is 17.0 Å². The predicted octanol–water partition coefficient (Wildman–Crippen LogP) is 5.02. The van der Waals surface area contributed by atoms with Crippen molar-refractivity contribution in [3.63, 3.8) is 0 Å².